The van der Waals surface area contributed by atoms with Gasteiger partial charge in [-0.15, -0.1) is 0 Å². The largest absolute Gasteiger partial charge is 0.493 e. The van der Waals surface area contributed by atoms with E-state index in [1.54, 1.807) is 25.6 Å². The maximum Gasteiger partial charge on any atom is 0.227 e. The lowest BCUT2D eigenvalue weighted by Gasteiger charge is -2.34. The summed E-state index contributed by atoms with van der Waals surface area (Å²) < 4.78 is 10.6. The number of methoxy groups -OCH3 is 2. The lowest BCUT2D eigenvalue weighted by Crippen LogP contribution is -2.45. The number of thiophene rings is 1. The second kappa shape index (κ2) is 8.25. The zero-order valence-corrected chi connectivity index (χ0v) is 15.5. The van der Waals surface area contributed by atoms with Crippen LogP contribution in [-0.4, -0.2) is 44.2 Å². The van der Waals surface area contributed by atoms with Gasteiger partial charge in [0, 0.05) is 30.9 Å². The summed E-state index contributed by atoms with van der Waals surface area (Å²) in [4.78, 5) is 14.5. The van der Waals surface area contributed by atoms with Gasteiger partial charge in [-0.2, -0.15) is 11.3 Å². The van der Waals surface area contributed by atoms with Gasteiger partial charge < -0.3 is 19.7 Å². The Morgan fingerprint density at radius 3 is 2.84 bits per heavy atom. The Kier molecular flexibility index (Phi) is 5.81. The normalized spacial score (nSPS) is 17.2. The SMILES string of the molecule is COc1ccc(N[C@H]2CCCN(C(=O)Cc3ccsc3)C2)cc1OC. The molecule has 5 nitrogen and oxygen atoms in total. The molecule has 0 spiro atoms. The number of rotatable bonds is 6. The maximum absolute atomic E-state index is 12.5. The number of carbonyl (C=O) groups is 1. The highest BCUT2D eigenvalue weighted by Gasteiger charge is 2.24. The zero-order valence-electron chi connectivity index (χ0n) is 14.7. The van der Waals surface area contributed by atoms with Crippen molar-refractivity contribution in [3.05, 3.63) is 40.6 Å². The lowest BCUT2D eigenvalue weighted by atomic mass is 10.0. The maximum atomic E-state index is 12.5. The van der Waals surface area contributed by atoms with Crippen molar-refractivity contribution in [2.24, 2.45) is 0 Å². The third-order valence-electron chi connectivity index (χ3n) is 4.46. The third kappa shape index (κ3) is 4.45. The molecular formula is C19H24N2O3S. The number of nitrogens with one attached hydrogen (secondary N) is 1. The Balaban J connectivity index is 1.60. The minimum Gasteiger partial charge on any atom is -0.493 e. The molecule has 0 radical (unpaired) electrons. The fourth-order valence-corrected chi connectivity index (χ4v) is 3.83. The van der Waals surface area contributed by atoms with Gasteiger partial charge in [0.1, 0.15) is 0 Å². The number of hydrogen-bond donors (Lipinski definition) is 1. The molecule has 1 aromatic carbocycles. The summed E-state index contributed by atoms with van der Waals surface area (Å²) in [6, 6.07) is 8.08. The first-order valence-corrected chi connectivity index (χ1v) is 9.41. The Hall–Kier alpha value is -2.21. The molecular weight excluding hydrogens is 336 g/mol. The first-order chi connectivity index (χ1) is 12.2. The quantitative estimate of drug-likeness (QED) is 0.858. The van der Waals surface area contributed by atoms with E-state index < -0.39 is 0 Å². The van der Waals surface area contributed by atoms with Gasteiger partial charge in [-0.1, -0.05) is 0 Å². The number of carbonyl (C=O) groups excluding carboxylic acids is 1. The second-order valence-electron chi connectivity index (χ2n) is 6.20. The van der Waals surface area contributed by atoms with Crippen molar-refractivity contribution in [3.63, 3.8) is 0 Å². The van der Waals surface area contributed by atoms with E-state index in [0.29, 0.717) is 17.9 Å². The van der Waals surface area contributed by atoms with Gasteiger partial charge in [0.15, 0.2) is 11.5 Å². The van der Waals surface area contributed by atoms with Crippen LogP contribution in [0.25, 0.3) is 0 Å². The van der Waals surface area contributed by atoms with Gasteiger partial charge in [0.25, 0.3) is 0 Å². The molecule has 1 atom stereocenters. The number of likely N-dealkylation sites (tertiary alicyclic amines) is 1. The Morgan fingerprint density at radius 2 is 2.12 bits per heavy atom. The fourth-order valence-electron chi connectivity index (χ4n) is 3.16. The molecule has 134 valence electrons. The van der Waals surface area contributed by atoms with Gasteiger partial charge in [0.2, 0.25) is 5.91 Å². The summed E-state index contributed by atoms with van der Waals surface area (Å²) in [5.74, 6) is 1.62. The van der Waals surface area contributed by atoms with E-state index in [2.05, 4.69) is 5.32 Å². The van der Waals surface area contributed by atoms with Crippen LogP contribution in [0.2, 0.25) is 0 Å². The van der Waals surface area contributed by atoms with Gasteiger partial charge in [-0.05, 0) is 47.4 Å². The van der Waals surface area contributed by atoms with Gasteiger partial charge >= 0.3 is 0 Å². The number of piperidine rings is 1. The predicted molar refractivity (Wildman–Crippen MR) is 101 cm³/mol. The Labute approximate surface area is 152 Å². The summed E-state index contributed by atoms with van der Waals surface area (Å²) in [6.07, 6.45) is 2.56. The van der Waals surface area contributed by atoms with Crippen molar-refractivity contribution in [2.75, 3.05) is 32.6 Å². The molecule has 1 saturated heterocycles. The number of hydrogen-bond acceptors (Lipinski definition) is 5. The van der Waals surface area contributed by atoms with Crippen molar-refractivity contribution in [1.29, 1.82) is 0 Å². The molecule has 1 amide bonds. The number of benzene rings is 1. The molecule has 25 heavy (non-hydrogen) atoms. The molecule has 1 aliphatic rings. The fraction of sp³-hybridized carbons (Fsp3) is 0.421. The standard InChI is InChI=1S/C19H24N2O3S/c1-23-17-6-5-15(11-18(17)24-2)20-16-4-3-8-21(12-16)19(22)10-14-7-9-25-13-14/h5-7,9,11,13,16,20H,3-4,8,10,12H2,1-2H3/t16-/m0/s1. The number of ether oxygens (including phenoxy) is 2. The molecule has 1 N–H and O–H groups in total. The Morgan fingerprint density at radius 1 is 1.28 bits per heavy atom. The summed E-state index contributed by atoms with van der Waals surface area (Å²) in [5, 5.41) is 7.58. The summed E-state index contributed by atoms with van der Waals surface area (Å²) in [6.45, 7) is 1.57. The van der Waals surface area contributed by atoms with Crippen LogP contribution in [-0.2, 0) is 11.2 Å². The smallest absolute Gasteiger partial charge is 0.227 e. The van der Waals surface area contributed by atoms with Crippen molar-refractivity contribution in [3.8, 4) is 11.5 Å². The van der Waals surface area contributed by atoms with E-state index in [0.717, 1.165) is 37.2 Å². The second-order valence-corrected chi connectivity index (χ2v) is 6.98. The summed E-state index contributed by atoms with van der Waals surface area (Å²) in [5.41, 5.74) is 2.08. The number of anilines is 1. The van der Waals surface area contributed by atoms with Gasteiger partial charge in [-0.25, -0.2) is 0 Å². The first-order valence-electron chi connectivity index (χ1n) is 8.47. The van der Waals surface area contributed by atoms with Crippen LogP contribution >= 0.6 is 11.3 Å². The predicted octanol–water partition coefficient (Wildman–Crippen LogP) is 3.41. The average molecular weight is 360 g/mol. The molecule has 0 unspecified atom stereocenters. The first kappa shape index (κ1) is 17.6. The van der Waals surface area contributed by atoms with Crippen LogP contribution in [0.1, 0.15) is 18.4 Å². The average Bonchev–Trinajstić information content (AvgIpc) is 3.14. The van der Waals surface area contributed by atoms with Crippen LogP contribution in [0.4, 0.5) is 5.69 Å². The van der Waals surface area contributed by atoms with E-state index in [9.17, 15) is 4.79 Å². The van der Waals surface area contributed by atoms with Crippen LogP contribution in [0.15, 0.2) is 35.0 Å². The van der Waals surface area contributed by atoms with E-state index in [4.69, 9.17) is 9.47 Å². The van der Waals surface area contributed by atoms with Crippen LogP contribution < -0.4 is 14.8 Å². The molecule has 1 aromatic heterocycles. The minimum atomic E-state index is 0.206. The van der Waals surface area contributed by atoms with Crippen molar-refractivity contribution in [2.45, 2.75) is 25.3 Å². The molecule has 0 saturated carbocycles. The highest BCUT2D eigenvalue weighted by molar-refractivity contribution is 7.08. The van der Waals surface area contributed by atoms with Crippen LogP contribution in [0.3, 0.4) is 0 Å². The highest BCUT2D eigenvalue weighted by atomic mass is 32.1. The molecule has 1 fully saturated rings. The van der Waals surface area contributed by atoms with Crippen molar-refractivity contribution < 1.29 is 14.3 Å². The molecule has 2 aromatic rings. The lowest BCUT2D eigenvalue weighted by molar-refractivity contribution is -0.131. The summed E-state index contributed by atoms with van der Waals surface area (Å²) in [7, 11) is 3.26. The minimum absolute atomic E-state index is 0.206. The van der Waals surface area contributed by atoms with Crippen molar-refractivity contribution in [1.82, 2.24) is 4.90 Å². The van der Waals surface area contributed by atoms with E-state index in [1.807, 2.05) is 39.9 Å². The van der Waals surface area contributed by atoms with Crippen molar-refractivity contribution >= 4 is 22.9 Å². The molecule has 0 bridgehead atoms. The molecule has 6 heteroatoms. The van der Waals surface area contributed by atoms with Crippen LogP contribution in [0, 0.1) is 0 Å². The van der Waals surface area contributed by atoms with E-state index in [1.165, 1.54) is 0 Å². The van der Waals surface area contributed by atoms with Gasteiger partial charge in [-0.3, -0.25) is 4.79 Å². The zero-order chi connectivity index (χ0) is 17.6. The van der Waals surface area contributed by atoms with E-state index in [-0.39, 0.29) is 11.9 Å². The number of amides is 1. The molecule has 0 aliphatic carbocycles. The third-order valence-corrected chi connectivity index (χ3v) is 5.20. The highest BCUT2D eigenvalue weighted by Crippen LogP contribution is 2.30. The topological polar surface area (TPSA) is 50.8 Å². The molecule has 3 rings (SSSR count). The molecule has 2 heterocycles. The van der Waals surface area contributed by atoms with Crippen LogP contribution in [0.5, 0.6) is 11.5 Å². The number of nitrogens with zero attached hydrogens (tertiary/aromatic N) is 1. The summed E-state index contributed by atoms with van der Waals surface area (Å²) >= 11 is 1.63. The Bertz CT molecular complexity index is 703. The van der Waals surface area contributed by atoms with E-state index >= 15 is 0 Å². The monoisotopic (exact) mass is 360 g/mol. The van der Waals surface area contributed by atoms with Gasteiger partial charge in [0.05, 0.1) is 20.6 Å². The molecule has 1 aliphatic heterocycles.